The third kappa shape index (κ3) is 4.33. The molecule has 1 atom stereocenters. The van der Waals surface area contributed by atoms with Crippen LogP contribution in [0.2, 0.25) is 0 Å². The Balaban J connectivity index is 1.81. The van der Waals surface area contributed by atoms with E-state index >= 15 is 0 Å². The summed E-state index contributed by atoms with van der Waals surface area (Å²) in [4.78, 5) is 14.0. The molecule has 0 radical (unpaired) electrons. The van der Waals surface area contributed by atoms with Gasteiger partial charge in [0.2, 0.25) is 0 Å². The summed E-state index contributed by atoms with van der Waals surface area (Å²) in [6, 6.07) is 0.527. The minimum atomic E-state index is -0.0716. The first-order chi connectivity index (χ1) is 9.70. The molecule has 0 aromatic heterocycles. The van der Waals surface area contributed by atoms with Crippen molar-refractivity contribution in [2.75, 3.05) is 19.7 Å². The molecular weight excluding hydrogens is 272 g/mol. The van der Waals surface area contributed by atoms with Crippen LogP contribution in [0.4, 0.5) is 0 Å². The smallest absolute Gasteiger partial charge is 0.310 e. The molecule has 1 N–H and O–H groups in total. The van der Waals surface area contributed by atoms with Gasteiger partial charge in [-0.1, -0.05) is 19.3 Å². The van der Waals surface area contributed by atoms with Crippen LogP contribution in [0.15, 0.2) is 0 Å². The number of hydrogen-bond acceptors (Lipinski definition) is 3. The standard InChI is InChI=1S/C15H26N2O2S/c1-2-19-14(18)12-7-6-10-17(11-12)15(20)16-13-8-4-3-5-9-13/h12-13H,2-11H2,1H3,(H,16,20)/t12-/m1/s1. The number of rotatable bonds is 3. The molecule has 0 bridgehead atoms. The number of ether oxygens (including phenoxy) is 1. The molecule has 0 unspecified atom stereocenters. The van der Waals surface area contributed by atoms with Crippen molar-refractivity contribution in [2.24, 2.45) is 5.92 Å². The average Bonchev–Trinajstić information content (AvgIpc) is 2.48. The van der Waals surface area contributed by atoms with Gasteiger partial charge in [0.15, 0.2) is 5.11 Å². The minimum Gasteiger partial charge on any atom is -0.466 e. The van der Waals surface area contributed by atoms with Crippen molar-refractivity contribution < 1.29 is 9.53 Å². The van der Waals surface area contributed by atoms with Gasteiger partial charge in [0, 0.05) is 19.1 Å². The highest BCUT2D eigenvalue weighted by Crippen LogP contribution is 2.20. The number of likely N-dealkylation sites (tertiary alicyclic amines) is 1. The van der Waals surface area contributed by atoms with E-state index in [0.29, 0.717) is 19.2 Å². The van der Waals surface area contributed by atoms with E-state index in [4.69, 9.17) is 17.0 Å². The van der Waals surface area contributed by atoms with Crippen molar-refractivity contribution in [3.63, 3.8) is 0 Å². The van der Waals surface area contributed by atoms with E-state index in [1.807, 2.05) is 6.92 Å². The molecule has 114 valence electrons. The third-order valence-corrected chi connectivity index (χ3v) is 4.64. The van der Waals surface area contributed by atoms with Crippen LogP contribution in [0.5, 0.6) is 0 Å². The van der Waals surface area contributed by atoms with Crippen molar-refractivity contribution in [1.29, 1.82) is 0 Å². The number of nitrogens with zero attached hydrogens (tertiary/aromatic N) is 1. The monoisotopic (exact) mass is 298 g/mol. The van der Waals surface area contributed by atoms with E-state index in [1.54, 1.807) is 0 Å². The summed E-state index contributed by atoms with van der Waals surface area (Å²) in [5.74, 6) is -0.0903. The summed E-state index contributed by atoms with van der Waals surface area (Å²) in [6.07, 6.45) is 8.30. The van der Waals surface area contributed by atoms with Gasteiger partial charge in [0.05, 0.1) is 12.5 Å². The molecule has 1 saturated carbocycles. The molecule has 0 amide bonds. The molecule has 4 nitrogen and oxygen atoms in total. The second-order valence-corrected chi connectivity index (χ2v) is 6.21. The Bertz CT molecular complexity index is 343. The maximum Gasteiger partial charge on any atom is 0.310 e. The third-order valence-electron chi connectivity index (χ3n) is 4.26. The molecule has 0 spiro atoms. The van der Waals surface area contributed by atoms with E-state index in [9.17, 15) is 4.79 Å². The van der Waals surface area contributed by atoms with Gasteiger partial charge in [-0.05, 0) is 44.8 Å². The van der Waals surface area contributed by atoms with Crippen LogP contribution in [0.25, 0.3) is 0 Å². The second-order valence-electron chi connectivity index (χ2n) is 5.82. The zero-order valence-corrected chi connectivity index (χ0v) is 13.2. The van der Waals surface area contributed by atoms with Gasteiger partial charge in [-0.15, -0.1) is 0 Å². The lowest BCUT2D eigenvalue weighted by atomic mass is 9.95. The van der Waals surface area contributed by atoms with Crippen LogP contribution in [0.1, 0.15) is 51.9 Å². The molecule has 5 heteroatoms. The zero-order valence-electron chi connectivity index (χ0n) is 12.4. The summed E-state index contributed by atoms with van der Waals surface area (Å²) < 4.78 is 5.13. The summed E-state index contributed by atoms with van der Waals surface area (Å²) >= 11 is 5.52. The molecule has 2 aliphatic rings. The Labute approximate surface area is 127 Å². The molecule has 20 heavy (non-hydrogen) atoms. The maximum atomic E-state index is 11.8. The first-order valence-corrected chi connectivity index (χ1v) is 8.33. The first-order valence-electron chi connectivity index (χ1n) is 7.92. The Morgan fingerprint density at radius 1 is 1.25 bits per heavy atom. The lowest BCUT2D eigenvalue weighted by molar-refractivity contribution is -0.149. The highest BCUT2D eigenvalue weighted by molar-refractivity contribution is 7.80. The molecule has 0 aromatic rings. The molecule has 1 aliphatic heterocycles. The van der Waals surface area contributed by atoms with Crippen molar-refractivity contribution in [1.82, 2.24) is 10.2 Å². The topological polar surface area (TPSA) is 41.6 Å². The van der Waals surface area contributed by atoms with Crippen molar-refractivity contribution in [3.05, 3.63) is 0 Å². The highest BCUT2D eigenvalue weighted by Gasteiger charge is 2.28. The van der Waals surface area contributed by atoms with Crippen molar-refractivity contribution >= 4 is 23.3 Å². The largest absolute Gasteiger partial charge is 0.466 e. The Morgan fingerprint density at radius 2 is 2.00 bits per heavy atom. The number of nitrogens with one attached hydrogen (secondary N) is 1. The second kappa shape index (κ2) is 7.81. The Morgan fingerprint density at radius 3 is 2.70 bits per heavy atom. The van der Waals surface area contributed by atoms with E-state index in [0.717, 1.165) is 24.5 Å². The van der Waals surface area contributed by atoms with E-state index in [2.05, 4.69) is 10.2 Å². The zero-order chi connectivity index (χ0) is 14.4. The van der Waals surface area contributed by atoms with Gasteiger partial charge < -0.3 is 15.0 Å². The number of carbonyl (C=O) groups is 1. The van der Waals surface area contributed by atoms with Gasteiger partial charge in [-0.3, -0.25) is 4.79 Å². The van der Waals surface area contributed by atoms with Crippen LogP contribution < -0.4 is 5.32 Å². The van der Waals surface area contributed by atoms with E-state index in [-0.39, 0.29) is 11.9 Å². The number of thiocarbonyl (C=S) groups is 1. The van der Waals surface area contributed by atoms with Crippen LogP contribution >= 0.6 is 12.2 Å². The summed E-state index contributed by atoms with van der Waals surface area (Å²) in [5.41, 5.74) is 0. The summed E-state index contributed by atoms with van der Waals surface area (Å²) in [6.45, 7) is 3.97. The van der Waals surface area contributed by atoms with Gasteiger partial charge in [0.25, 0.3) is 0 Å². The summed E-state index contributed by atoms with van der Waals surface area (Å²) in [5, 5.41) is 4.31. The van der Waals surface area contributed by atoms with Crippen LogP contribution in [0.3, 0.4) is 0 Å². The lowest BCUT2D eigenvalue weighted by Crippen LogP contribution is -2.50. The molecule has 2 fully saturated rings. The normalized spacial score (nSPS) is 24.2. The maximum absolute atomic E-state index is 11.8. The average molecular weight is 298 g/mol. The molecule has 1 saturated heterocycles. The number of hydrogen-bond donors (Lipinski definition) is 1. The fourth-order valence-electron chi connectivity index (χ4n) is 3.13. The van der Waals surface area contributed by atoms with Gasteiger partial charge in [-0.25, -0.2) is 0 Å². The number of esters is 1. The number of piperidine rings is 1. The molecular formula is C15H26N2O2S. The van der Waals surface area contributed by atoms with Crippen molar-refractivity contribution in [3.8, 4) is 0 Å². The Kier molecular flexibility index (Phi) is 6.07. The SMILES string of the molecule is CCOC(=O)[C@@H]1CCCN(C(=S)NC2CCCCC2)C1. The predicted molar refractivity (Wildman–Crippen MR) is 83.5 cm³/mol. The highest BCUT2D eigenvalue weighted by atomic mass is 32.1. The summed E-state index contributed by atoms with van der Waals surface area (Å²) in [7, 11) is 0. The first kappa shape index (κ1) is 15.5. The quantitative estimate of drug-likeness (QED) is 0.640. The molecule has 0 aromatic carbocycles. The van der Waals surface area contributed by atoms with E-state index < -0.39 is 0 Å². The lowest BCUT2D eigenvalue weighted by Gasteiger charge is -2.35. The van der Waals surface area contributed by atoms with Crippen LogP contribution in [-0.4, -0.2) is 41.7 Å². The fraction of sp³-hybridized carbons (Fsp3) is 0.867. The molecule has 2 rings (SSSR count). The molecule has 1 aliphatic carbocycles. The van der Waals surface area contributed by atoms with Gasteiger partial charge in [-0.2, -0.15) is 0 Å². The van der Waals surface area contributed by atoms with Gasteiger partial charge in [0.1, 0.15) is 0 Å². The minimum absolute atomic E-state index is 0.0187. The van der Waals surface area contributed by atoms with Crippen LogP contribution in [0, 0.1) is 5.92 Å². The number of carbonyl (C=O) groups excluding carboxylic acids is 1. The van der Waals surface area contributed by atoms with Gasteiger partial charge >= 0.3 is 5.97 Å². The fourth-order valence-corrected chi connectivity index (χ4v) is 3.46. The van der Waals surface area contributed by atoms with Crippen molar-refractivity contribution in [2.45, 2.75) is 57.9 Å². The molecule has 1 heterocycles. The Hall–Kier alpha value is -0.840. The predicted octanol–water partition coefficient (Wildman–Crippen LogP) is 2.47. The van der Waals surface area contributed by atoms with E-state index in [1.165, 1.54) is 32.1 Å². The van der Waals surface area contributed by atoms with Crippen LogP contribution in [-0.2, 0) is 9.53 Å².